The van der Waals surface area contributed by atoms with Crippen LogP contribution in [0, 0.1) is 5.41 Å². The van der Waals surface area contributed by atoms with Gasteiger partial charge in [0.05, 0.1) is 5.41 Å². The van der Waals surface area contributed by atoms with E-state index in [1.165, 1.54) is 0 Å². The highest BCUT2D eigenvalue weighted by molar-refractivity contribution is 14.0. The molecule has 0 saturated heterocycles. The molecule has 1 aromatic carbocycles. The molecule has 0 bridgehead atoms. The smallest absolute Gasteiger partial charge is 0.230 e. The van der Waals surface area contributed by atoms with Crippen LogP contribution in [0.25, 0.3) is 0 Å². The molecule has 1 aliphatic carbocycles. The molecule has 1 aromatic rings. The van der Waals surface area contributed by atoms with Gasteiger partial charge < -0.3 is 25.2 Å². The average Bonchev–Trinajstić information content (AvgIpc) is 3.17. The molecule has 0 atom stereocenters. The Morgan fingerprint density at radius 3 is 2.47 bits per heavy atom. The minimum absolute atomic E-state index is 0. The third kappa shape index (κ3) is 7.94. The highest BCUT2D eigenvalue weighted by Gasteiger charge is 2.42. The monoisotopic (exact) mass is 531 g/mol. The Labute approximate surface area is 198 Å². The van der Waals surface area contributed by atoms with Crippen molar-refractivity contribution in [2.45, 2.75) is 32.2 Å². The topological polar surface area (TPSA) is 69.2 Å². The molecule has 8 heteroatoms. The molecule has 0 spiro atoms. The van der Waals surface area contributed by atoms with Crippen LogP contribution in [0.3, 0.4) is 0 Å². The van der Waals surface area contributed by atoms with E-state index < -0.39 is 0 Å². The maximum absolute atomic E-state index is 12.7. The maximum Gasteiger partial charge on any atom is 0.230 e. The van der Waals surface area contributed by atoms with Crippen LogP contribution in [-0.4, -0.2) is 76.6 Å². The van der Waals surface area contributed by atoms with E-state index in [1.807, 2.05) is 46.4 Å². The summed E-state index contributed by atoms with van der Waals surface area (Å²) < 4.78 is 5.81. The fourth-order valence-corrected chi connectivity index (χ4v) is 3.74. The number of carbonyl (C=O) groups excluding carboxylic acids is 1. The van der Waals surface area contributed by atoms with E-state index in [4.69, 9.17) is 4.74 Å². The molecule has 1 aliphatic rings. The third-order valence-electron chi connectivity index (χ3n) is 5.40. The van der Waals surface area contributed by atoms with Gasteiger partial charge in [-0.25, -0.2) is 0 Å². The van der Waals surface area contributed by atoms with E-state index >= 15 is 0 Å². The number of likely N-dealkylation sites (N-methyl/N-ethyl adjacent to an activating group) is 1. The van der Waals surface area contributed by atoms with Crippen LogP contribution in [0.5, 0.6) is 5.75 Å². The molecule has 2 rings (SSSR count). The van der Waals surface area contributed by atoms with Crippen LogP contribution in [-0.2, 0) is 11.3 Å². The molecule has 30 heavy (non-hydrogen) atoms. The van der Waals surface area contributed by atoms with E-state index in [2.05, 4.69) is 26.6 Å². The van der Waals surface area contributed by atoms with Gasteiger partial charge in [0, 0.05) is 40.8 Å². The Balaban J connectivity index is 0.00000450. The van der Waals surface area contributed by atoms with Crippen LogP contribution in [0.4, 0.5) is 0 Å². The molecular weight excluding hydrogens is 493 g/mol. The van der Waals surface area contributed by atoms with Crippen molar-refractivity contribution in [2.24, 2.45) is 10.4 Å². The lowest BCUT2D eigenvalue weighted by Crippen LogP contribution is -2.49. The first-order chi connectivity index (χ1) is 13.9. The van der Waals surface area contributed by atoms with Crippen LogP contribution in [0.1, 0.15) is 31.2 Å². The number of ether oxygens (including phenoxy) is 1. The zero-order valence-electron chi connectivity index (χ0n) is 19.0. The van der Waals surface area contributed by atoms with Gasteiger partial charge in [0.1, 0.15) is 12.4 Å². The number of aliphatic imine (C=N–C) groups is 1. The number of nitrogens with one attached hydrogen (secondary N) is 2. The summed E-state index contributed by atoms with van der Waals surface area (Å²) in [5.74, 6) is 1.79. The van der Waals surface area contributed by atoms with Gasteiger partial charge in [-0.15, -0.1) is 24.0 Å². The maximum atomic E-state index is 12.7. The van der Waals surface area contributed by atoms with Crippen molar-refractivity contribution in [3.63, 3.8) is 0 Å². The zero-order chi connectivity index (χ0) is 21.3. The van der Waals surface area contributed by atoms with Gasteiger partial charge in [-0.05, 0) is 44.6 Å². The largest absolute Gasteiger partial charge is 0.492 e. The lowest BCUT2D eigenvalue weighted by atomic mass is 9.84. The highest BCUT2D eigenvalue weighted by Crippen LogP contribution is 2.38. The summed E-state index contributed by atoms with van der Waals surface area (Å²) >= 11 is 0. The molecule has 0 aromatic heterocycles. The molecule has 0 unspecified atom stereocenters. The molecule has 1 fully saturated rings. The average molecular weight is 531 g/mol. The minimum atomic E-state index is -0.318. The van der Waals surface area contributed by atoms with Gasteiger partial charge in [0.15, 0.2) is 5.96 Å². The Bertz CT molecular complexity index is 688. The number of hydrogen-bond acceptors (Lipinski definition) is 4. The van der Waals surface area contributed by atoms with E-state index in [9.17, 15) is 4.79 Å². The highest BCUT2D eigenvalue weighted by atomic mass is 127. The van der Waals surface area contributed by atoms with E-state index in [-0.39, 0.29) is 35.3 Å². The van der Waals surface area contributed by atoms with Crippen molar-refractivity contribution in [3.05, 3.63) is 29.8 Å². The molecule has 0 heterocycles. The van der Waals surface area contributed by atoms with Crippen LogP contribution in [0.15, 0.2) is 29.3 Å². The second-order valence-electron chi connectivity index (χ2n) is 8.27. The van der Waals surface area contributed by atoms with Crippen molar-refractivity contribution in [2.75, 3.05) is 54.9 Å². The molecule has 0 aliphatic heterocycles. The fourth-order valence-electron chi connectivity index (χ4n) is 3.74. The number of hydrogen-bond donors (Lipinski definition) is 2. The van der Waals surface area contributed by atoms with E-state index in [1.54, 1.807) is 11.9 Å². The predicted molar refractivity (Wildman–Crippen MR) is 134 cm³/mol. The summed E-state index contributed by atoms with van der Waals surface area (Å²) in [6.07, 6.45) is 4.07. The standard InChI is InChI=1S/C22H37N5O2.HI/c1-23-21(25-17-22(11-6-7-12-22)20(28)27(4)5)24-16-18-9-8-10-19(15-18)29-14-13-26(2)3;/h8-10,15H,6-7,11-14,16-17H2,1-5H3,(H2,23,24,25);1H. The SMILES string of the molecule is CN=C(NCc1cccc(OCCN(C)C)c1)NCC1(C(=O)N(C)C)CCCC1.I. The molecule has 0 radical (unpaired) electrons. The quantitative estimate of drug-likeness (QED) is 0.291. The fraction of sp³-hybridized carbons (Fsp3) is 0.636. The Morgan fingerprint density at radius 1 is 1.17 bits per heavy atom. The molecular formula is C22H38IN5O2. The van der Waals surface area contributed by atoms with Gasteiger partial charge >= 0.3 is 0 Å². The lowest BCUT2D eigenvalue weighted by molar-refractivity contribution is -0.138. The minimum Gasteiger partial charge on any atom is -0.492 e. The number of benzene rings is 1. The van der Waals surface area contributed by atoms with Crippen molar-refractivity contribution in [1.82, 2.24) is 20.4 Å². The lowest BCUT2D eigenvalue weighted by Gasteiger charge is -2.31. The second kappa shape index (κ2) is 13.0. The number of carbonyl (C=O) groups is 1. The number of amides is 1. The summed E-state index contributed by atoms with van der Waals surface area (Å²) in [6, 6.07) is 8.08. The number of nitrogens with zero attached hydrogens (tertiary/aromatic N) is 3. The molecule has 1 saturated carbocycles. The van der Waals surface area contributed by atoms with E-state index in [0.29, 0.717) is 25.7 Å². The first-order valence-electron chi connectivity index (χ1n) is 10.4. The van der Waals surface area contributed by atoms with Crippen molar-refractivity contribution in [3.8, 4) is 5.75 Å². The number of halogens is 1. The summed E-state index contributed by atoms with van der Waals surface area (Å²) in [5.41, 5.74) is 0.802. The zero-order valence-corrected chi connectivity index (χ0v) is 21.4. The van der Waals surface area contributed by atoms with E-state index in [0.717, 1.165) is 43.5 Å². The number of guanidine groups is 1. The van der Waals surface area contributed by atoms with Crippen LogP contribution >= 0.6 is 24.0 Å². The van der Waals surface area contributed by atoms with Crippen molar-refractivity contribution >= 4 is 35.8 Å². The first kappa shape index (κ1) is 26.5. The van der Waals surface area contributed by atoms with Gasteiger partial charge in [0.25, 0.3) is 0 Å². The van der Waals surface area contributed by atoms with Crippen molar-refractivity contribution < 1.29 is 9.53 Å². The first-order valence-corrected chi connectivity index (χ1v) is 10.4. The molecule has 170 valence electrons. The summed E-state index contributed by atoms with van der Waals surface area (Å²) in [6.45, 7) is 2.79. The van der Waals surface area contributed by atoms with Gasteiger partial charge in [0.2, 0.25) is 5.91 Å². The normalized spacial score (nSPS) is 15.5. The van der Waals surface area contributed by atoms with Gasteiger partial charge in [-0.1, -0.05) is 25.0 Å². The van der Waals surface area contributed by atoms with Crippen LogP contribution < -0.4 is 15.4 Å². The summed E-state index contributed by atoms with van der Waals surface area (Å²) in [4.78, 5) is 20.9. The van der Waals surface area contributed by atoms with Gasteiger partial charge in [-0.2, -0.15) is 0 Å². The molecule has 1 amide bonds. The predicted octanol–water partition coefficient (Wildman–Crippen LogP) is 2.56. The Morgan fingerprint density at radius 2 is 1.87 bits per heavy atom. The number of rotatable bonds is 9. The Hall–Kier alpha value is -1.55. The summed E-state index contributed by atoms with van der Waals surface area (Å²) in [5, 5.41) is 6.72. The van der Waals surface area contributed by atoms with Crippen molar-refractivity contribution in [1.29, 1.82) is 0 Å². The Kier molecular flexibility index (Phi) is 11.5. The second-order valence-corrected chi connectivity index (χ2v) is 8.27. The molecule has 2 N–H and O–H groups in total. The third-order valence-corrected chi connectivity index (χ3v) is 5.40. The van der Waals surface area contributed by atoms with Crippen LogP contribution in [0.2, 0.25) is 0 Å². The molecule has 7 nitrogen and oxygen atoms in total. The summed E-state index contributed by atoms with van der Waals surface area (Å²) in [7, 11) is 9.49. The van der Waals surface area contributed by atoms with Gasteiger partial charge in [-0.3, -0.25) is 9.79 Å².